The molecule has 3 aromatic carbocycles. The van der Waals surface area contributed by atoms with Gasteiger partial charge >= 0.3 is 0 Å². The van der Waals surface area contributed by atoms with E-state index in [1.54, 1.807) is 42.5 Å². The lowest BCUT2D eigenvalue weighted by atomic mass is 10.1. The van der Waals surface area contributed by atoms with E-state index in [9.17, 15) is 15.3 Å². The third kappa shape index (κ3) is 6.58. The predicted octanol–water partition coefficient (Wildman–Crippen LogP) is 5.69. The Morgan fingerprint density at radius 3 is 2.61 bits per heavy atom. The van der Waals surface area contributed by atoms with Crippen LogP contribution in [0.15, 0.2) is 72.3 Å². The number of hydrogen-bond donors (Lipinski definition) is 1. The van der Waals surface area contributed by atoms with Crippen LogP contribution in [0, 0.1) is 26.2 Å². The van der Waals surface area contributed by atoms with Gasteiger partial charge in [0.2, 0.25) is 0 Å². The van der Waals surface area contributed by atoms with Crippen molar-refractivity contribution in [1.29, 1.82) is 10.5 Å². The first-order valence-corrected chi connectivity index (χ1v) is 11.2. The molecule has 0 aliphatic heterocycles. The molecule has 0 radical (unpaired) electrons. The predicted molar refractivity (Wildman–Crippen MR) is 134 cm³/mol. The molecule has 0 aliphatic carbocycles. The number of carbonyl (C=O) groups is 1. The van der Waals surface area contributed by atoms with Crippen LogP contribution in [0.1, 0.15) is 23.6 Å². The minimum absolute atomic E-state index is 0.0239. The van der Waals surface area contributed by atoms with Crippen LogP contribution in [0.2, 0.25) is 0 Å². The molecule has 1 N–H and O–H groups in total. The van der Waals surface area contributed by atoms with Gasteiger partial charge in [-0.1, -0.05) is 30.3 Å². The molecular formula is C26H20IN3O3. The van der Waals surface area contributed by atoms with Crippen LogP contribution < -0.4 is 14.8 Å². The second kappa shape index (κ2) is 11.7. The molecule has 7 heteroatoms. The fraction of sp³-hybridized carbons (Fsp3) is 0.115. The number of hydrogen-bond acceptors (Lipinski definition) is 5. The highest BCUT2D eigenvalue weighted by Crippen LogP contribution is 2.25. The van der Waals surface area contributed by atoms with Gasteiger partial charge in [-0.25, -0.2) is 0 Å². The first-order chi connectivity index (χ1) is 16.0. The van der Waals surface area contributed by atoms with Crippen LogP contribution in [0.25, 0.3) is 6.08 Å². The molecule has 0 saturated carbocycles. The van der Waals surface area contributed by atoms with E-state index in [1.165, 1.54) is 6.08 Å². The molecule has 33 heavy (non-hydrogen) atoms. The van der Waals surface area contributed by atoms with Crippen LogP contribution in [-0.4, -0.2) is 12.5 Å². The third-order valence-electron chi connectivity index (χ3n) is 4.56. The van der Waals surface area contributed by atoms with E-state index >= 15 is 0 Å². The lowest BCUT2D eigenvalue weighted by molar-refractivity contribution is -0.112. The van der Waals surface area contributed by atoms with Gasteiger partial charge in [-0.3, -0.25) is 4.79 Å². The normalized spacial score (nSPS) is 10.6. The van der Waals surface area contributed by atoms with Crippen molar-refractivity contribution in [3.63, 3.8) is 0 Å². The summed E-state index contributed by atoms with van der Waals surface area (Å²) in [6, 6.07) is 23.8. The van der Waals surface area contributed by atoms with Crippen molar-refractivity contribution in [2.24, 2.45) is 0 Å². The second-order valence-electron chi connectivity index (χ2n) is 6.83. The smallest absolute Gasteiger partial charge is 0.266 e. The fourth-order valence-corrected chi connectivity index (χ4v) is 3.67. The van der Waals surface area contributed by atoms with Crippen molar-refractivity contribution in [1.82, 2.24) is 0 Å². The zero-order valence-electron chi connectivity index (χ0n) is 17.8. The van der Waals surface area contributed by atoms with Gasteiger partial charge in [-0.05, 0) is 71.5 Å². The highest BCUT2D eigenvalue weighted by atomic mass is 127. The summed E-state index contributed by atoms with van der Waals surface area (Å²) in [6.45, 7) is 2.66. The Morgan fingerprint density at radius 1 is 1.06 bits per heavy atom. The maximum absolute atomic E-state index is 12.6. The average Bonchev–Trinajstić information content (AvgIpc) is 2.82. The molecule has 0 spiro atoms. The molecule has 1 amide bonds. The van der Waals surface area contributed by atoms with E-state index in [2.05, 4.69) is 34.0 Å². The van der Waals surface area contributed by atoms with Gasteiger partial charge in [-0.15, -0.1) is 0 Å². The average molecular weight is 549 g/mol. The van der Waals surface area contributed by atoms with E-state index in [0.717, 1.165) is 9.13 Å². The SMILES string of the molecule is CCOc1cccc(NC(=O)/C(C#N)=C\c2ccc(OCc3ccccc3C#N)c(I)c2)c1. The summed E-state index contributed by atoms with van der Waals surface area (Å²) >= 11 is 2.14. The number of carbonyl (C=O) groups excluding carboxylic acids is 1. The standard InChI is InChI=1S/C26H20IN3O3/c1-2-32-23-9-5-8-22(14-23)30-26(31)21(16-29)12-18-10-11-25(24(27)13-18)33-17-20-7-4-3-6-19(20)15-28/h3-14H,2,17H2,1H3,(H,30,31)/b21-12-. The number of nitrogens with one attached hydrogen (secondary N) is 1. The Kier molecular flexibility index (Phi) is 8.45. The van der Waals surface area contributed by atoms with Crippen LogP contribution in [-0.2, 0) is 11.4 Å². The number of nitrogens with zero attached hydrogens (tertiary/aromatic N) is 2. The minimum Gasteiger partial charge on any atom is -0.494 e. The van der Waals surface area contributed by atoms with Crippen molar-refractivity contribution < 1.29 is 14.3 Å². The largest absolute Gasteiger partial charge is 0.494 e. The maximum Gasteiger partial charge on any atom is 0.266 e. The first kappa shape index (κ1) is 23.8. The van der Waals surface area contributed by atoms with Gasteiger partial charge in [0.1, 0.15) is 29.7 Å². The molecule has 0 heterocycles. The van der Waals surface area contributed by atoms with Gasteiger partial charge in [0, 0.05) is 17.3 Å². The molecule has 164 valence electrons. The second-order valence-corrected chi connectivity index (χ2v) is 7.99. The fourth-order valence-electron chi connectivity index (χ4n) is 2.98. The minimum atomic E-state index is -0.505. The zero-order chi connectivity index (χ0) is 23.6. The summed E-state index contributed by atoms with van der Waals surface area (Å²) in [5.74, 6) is 0.783. The Labute approximate surface area is 206 Å². The molecule has 0 atom stereocenters. The monoisotopic (exact) mass is 549 g/mol. The lowest BCUT2D eigenvalue weighted by Crippen LogP contribution is -2.13. The highest BCUT2D eigenvalue weighted by Gasteiger charge is 2.11. The Bertz CT molecular complexity index is 1270. The molecule has 3 rings (SSSR count). The topological polar surface area (TPSA) is 95.1 Å². The van der Waals surface area contributed by atoms with E-state index in [-0.39, 0.29) is 12.2 Å². The summed E-state index contributed by atoms with van der Waals surface area (Å²) in [7, 11) is 0. The molecule has 0 aliphatic rings. The van der Waals surface area contributed by atoms with Gasteiger partial charge in [0.15, 0.2) is 0 Å². The van der Waals surface area contributed by atoms with Gasteiger partial charge in [-0.2, -0.15) is 10.5 Å². The number of nitriles is 2. The summed E-state index contributed by atoms with van der Waals surface area (Å²) < 4.78 is 12.1. The van der Waals surface area contributed by atoms with Gasteiger partial charge in [0.25, 0.3) is 5.91 Å². The lowest BCUT2D eigenvalue weighted by Gasteiger charge is -2.10. The first-order valence-electron chi connectivity index (χ1n) is 10.1. The molecule has 3 aromatic rings. The van der Waals surface area contributed by atoms with Crippen molar-refractivity contribution in [2.75, 3.05) is 11.9 Å². The molecule has 0 aromatic heterocycles. The summed E-state index contributed by atoms with van der Waals surface area (Å²) in [4.78, 5) is 12.6. The molecular weight excluding hydrogens is 529 g/mol. The molecule has 6 nitrogen and oxygen atoms in total. The van der Waals surface area contributed by atoms with Crippen molar-refractivity contribution in [3.8, 4) is 23.6 Å². The van der Waals surface area contributed by atoms with Crippen LogP contribution in [0.5, 0.6) is 11.5 Å². The number of ether oxygens (including phenoxy) is 2. The molecule has 0 fully saturated rings. The van der Waals surface area contributed by atoms with Crippen LogP contribution in [0.4, 0.5) is 5.69 Å². The number of rotatable bonds is 8. The van der Waals surface area contributed by atoms with Crippen molar-refractivity contribution >= 4 is 40.3 Å². The quantitative estimate of drug-likeness (QED) is 0.222. The number of amides is 1. The third-order valence-corrected chi connectivity index (χ3v) is 5.40. The van der Waals surface area contributed by atoms with E-state index in [0.29, 0.717) is 34.9 Å². The summed E-state index contributed by atoms with van der Waals surface area (Å²) in [5.41, 5.74) is 2.59. The summed E-state index contributed by atoms with van der Waals surface area (Å²) in [6.07, 6.45) is 1.53. The number of anilines is 1. The van der Waals surface area contributed by atoms with E-state index in [1.807, 2.05) is 37.3 Å². The van der Waals surface area contributed by atoms with E-state index < -0.39 is 5.91 Å². The Balaban J connectivity index is 1.71. The Morgan fingerprint density at radius 2 is 1.88 bits per heavy atom. The van der Waals surface area contributed by atoms with Crippen LogP contribution >= 0.6 is 22.6 Å². The number of halogens is 1. The maximum atomic E-state index is 12.6. The molecule has 0 saturated heterocycles. The summed E-state index contributed by atoms with van der Waals surface area (Å²) in [5, 5.41) is 21.4. The number of benzene rings is 3. The molecule has 0 bridgehead atoms. The highest BCUT2D eigenvalue weighted by molar-refractivity contribution is 14.1. The Hall–Kier alpha value is -3.82. The molecule has 0 unspecified atom stereocenters. The zero-order valence-corrected chi connectivity index (χ0v) is 20.0. The van der Waals surface area contributed by atoms with E-state index in [4.69, 9.17) is 9.47 Å². The van der Waals surface area contributed by atoms with Gasteiger partial charge in [0.05, 0.1) is 21.8 Å². The van der Waals surface area contributed by atoms with Gasteiger partial charge < -0.3 is 14.8 Å². The van der Waals surface area contributed by atoms with Crippen molar-refractivity contribution in [3.05, 3.63) is 92.6 Å². The van der Waals surface area contributed by atoms with Crippen molar-refractivity contribution in [2.45, 2.75) is 13.5 Å². The van der Waals surface area contributed by atoms with Crippen LogP contribution in [0.3, 0.4) is 0 Å².